The summed E-state index contributed by atoms with van der Waals surface area (Å²) >= 11 is 0. The van der Waals surface area contributed by atoms with Gasteiger partial charge in [0.25, 0.3) is 0 Å². The van der Waals surface area contributed by atoms with Gasteiger partial charge in [-0.25, -0.2) is 14.6 Å². The van der Waals surface area contributed by atoms with Gasteiger partial charge in [-0.2, -0.15) is 5.10 Å². The van der Waals surface area contributed by atoms with Crippen LogP contribution in [0.3, 0.4) is 0 Å². The van der Waals surface area contributed by atoms with Gasteiger partial charge in [0.05, 0.1) is 61.8 Å². The summed E-state index contributed by atoms with van der Waals surface area (Å²) in [5.41, 5.74) is 7.49. The fourth-order valence-corrected chi connectivity index (χ4v) is 9.74. The van der Waals surface area contributed by atoms with E-state index in [2.05, 4.69) is 37.7 Å². The SMILES string of the molecule is O=C(N[C@@H](C(=O)N1CCC[C@H]1c1cc(-c2ccc(C#Cc3ccc(-c4cnc([C@@H]5CCCN5C(=O)[C@H](NC(=O)N5CCOCC5)c5ccccc5)[nH]4)cc3)cc2)n[nH]1)c1ccccc1)N1CCOCC1. The third-order valence-electron chi connectivity index (χ3n) is 13.6. The maximum absolute atomic E-state index is 14.3. The number of aromatic amines is 2. The second-order valence-corrected chi connectivity index (χ2v) is 18.0. The van der Waals surface area contributed by atoms with Crippen molar-refractivity contribution in [2.45, 2.75) is 49.9 Å². The average molecular weight is 941 g/mol. The summed E-state index contributed by atoms with van der Waals surface area (Å²) < 4.78 is 10.9. The lowest BCUT2D eigenvalue weighted by Crippen LogP contribution is -2.50. The van der Waals surface area contributed by atoms with Gasteiger partial charge in [0.15, 0.2) is 0 Å². The molecule has 6 heterocycles. The van der Waals surface area contributed by atoms with Crippen LogP contribution in [0.25, 0.3) is 22.5 Å². The Bertz CT molecular complexity index is 2640. The number of benzene rings is 4. The van der Waals surface area contributed by atoms with Crippen molar-refractivity contribution in [1.82, 2.24) is 50.4 Å². The van der Waals surface area contributed by atoms with Crippen molar-refractivity contribution in [2.75, 3.05) is 65.7 Å². The molecule has 6 aromatic rings. The maximum atomic E-state index is 14.3. The Morgan fingerprint density at radius 2 is 1.09 bits per heavy atom. The zero-order chi connectivity index (χ0) is 47.8. The molecule has 16 heteroatoms. The number of ether oxygens (including phenoxy) is 2. The second kappa shape index (κ2) is 21.3. The number of aromatic nitrogens is 4. The maximum Gasteiger partial charge on any atom is 0.318 e. The van der Waals surface area contributed by atoms with Crippen molar-refractivity contribution in [3.63, 3.8) is 0 Å². The molecule has 0 saturated carbocycles. The van der Waals surface area contributed by atoms with Crippen molar-refractivity contribution in [2.24, 2.45) is 0 Å². The Labute approximate surface area is 406 Å². The number of imidazole rings is 1. The van der Waals surface area contributed by atoms with Crippen molar-refractivity contribution < 1.29 is 28.7 Å². The van der Waals surface area contributed by atoms with Gasteiger partial charge >= 0.3 is 12.1 Å². The minimum Gasteiger partial charge on any atom is -0.378 e. The topological polar surface area (TPSA) is 181 Å². The van der Waals surface area contributed by atoms with E-state index in [1.54, 1.807) is 16.0 Å². The van der Waals surface area contributed by atoms with Crippen LogP contribution in [0, 0.1) is 11.8 Å². The third-order valence-corrected chi connectivity index (χ3v) is 13.6. The van der Waals surface area contributed by atoms with Gasteiger partial charge in [-0.15, -0.1) is 0 Å². The predicted octanol–water partition coefficient (Wildman–Crippen LogP) is 6.76. The van der Waals surface area contributed by atoms with E-state index in [4.69, 9.17) is 14.5 Å². The van der Waals surface area contributed by atoms with E-state index >= 15 is 0 Å². The molecule has 0 bridgehead atoms. The number of hydrogen-bond acceptors (Lipinski definition) is 8. The van der Waals surface area contributed by atoms with Crippen LogP contribution >= 0.6 is 0 Å². The standard InChI is InChI=1S/C54H56N10O6/c65-51(48(41-9-3-1-4-10-41)57-53(67)61-27-31-69-32-28-61)63-25-7-13-46(63)44-35-43(59-60-44)39-21-17-37(18-22-39)15-16-38-19-23-40(24-20-38)45-36-55-50(56-45)47-14-8-26-64(47)52(66)49(42-11-5-2-6-12-42)58-54(68)62-29-33-70-34-30-62/h1-6,9-12,17-24,35-36,46-49H,7-8,13-14,25-34H2,(H,55,56)(H,57,67)(H,58,68)(H,59,60)/t46-,47-,48+,49+/m0/s1. The van der Waals surface area contributed by atoms with E-state index in [9.17, 15) is 19.2 Å². The number of likely N-dealkylation sites (tertiary alicyclic amines) is 2. The van der Waals surface area contributed by atoms with E-state index in [1.807, 2.05) is 125 Å². The molecule has 0 unspecified atom stereocenters. The summed E-state index contributed by atoms with van der Waals surface area (Å²) in [5.74, 6) is 6.96. The van der Waals surface area contributed by atoms with Gasteiger partial charge in [0.2, 0.25) is 11.8 Å². The summed E-state index contributed by atoms with van der Waals surface area (Å²) in [6.07, 6.45) is 5.00. The number of carbonyl (C=O) groups is 4. The molecule has 2 aromatic heterocycles. The summed E-state index contributed by atoms with van der Waals surface area (Å²) in [5, 5.41) is 13.9. The van der Waals surface area contributed by atoms with Crippen LogP contribution < -0.4 is 10.6 Å². The summed E-state index contributed by atoms with van der Waals surface area (Å²) in [6, 6.07) is 34.0. The number of carbonyl (C=O) groups excluding carboxylic acids is 4. The number of nitrogens with one attached hydrogen (secondary N) is 4. The summed E-state index contributed by atoms with van der Waals surface area (Å²) in [4.78, 5) is 70.5. The molecular weight excluding hydrogens is 885 g/mol. The van der Waals surface area contributed by atoms with Gasteiger partial charge in [-0.3, -0.25) is 14.7 Å². The summed E-state index contributed by atoms with van der Waals surface area (Å²) in [7, 11) is 0. The molecular formula is C54H56N10O6. The lowest BCUT2D eigenvalue weighted by Gasteiger charge is -2.32. The number of urea groups is 2. The second-order valence-electron chi connectivity index (χ2n) is 18.0. The normalized spacial score (nSPS) is 19.0. The third kappa shape index (κ3) is 10.3. The molecule has 4 aromatic carbocycles. The Balaban J connectivity index is 0.768. The Kier molecular flexibility index (Phi) is 14.0. The molecule has 4 aliphatic heterocycles. The molecule has 4 atom stereocenters. The fraction of sp³-hybridized carbons (Fsp3) is 0.333. The lowest BCUT2D eigenvalue weighted by atomic mass is 10.0. The van der Waals surface area contributed by atoms with Gasteiger partial charge in [-0.05, 0) is 72.7 Å². The first-order valence-corrected chi connectivity index (χ1v) is 24.2. The molecule has 16 nitrogen and oxygen atoms in total. The molecule has 4 saturated heterocycles. The minimum atomic E-state index is -0.833. The Morgan fingerprint density at radius 1 is 0.600 bits per heavy atom. The molecule has 4 N–H and O–H groups in total. The van der Waals surface area contributed by atoms with E-state index in [1.165, 1.54) is 0 Å². The highest BCUT2D eigenvalue weighted by molar-refractivity contribution is 5.90. The van der Waals surface area contributed by atoms with Crippen LogP contribution in [-0.4, -0.2) is 129 Å². The van der Waals surface area contributed by atoms with E-state index in [-0.39, 0.29) is 36.0 Å². The first-order valence-electron chi connectivity index (χ1n) is 24.2. The highest BCUT2D eigenvalue weighted by Crippen LogP contribution is 2.36. The quantitative estimate of drug-likeness (QED) is 0.109. The molecule has 0 spiro atoms. The minimum absolute atomic E-state index is 0.150. The van der Waals surface area contributed by atoms with Gasteiger partial charge in [0, 0.05) is 56.0 Å². The molecule has 358 valence electrons. The number of rotatable bonds is 10. The number of nitrogens with zero attached hydrogens (tertiary/aromatic N) is 6. The molecule has 4 fully saturated rings. The number of hydrogen-bond donors (Lipinski definition) is 4. The smallest absolute Gasteiger partial charge is 0.318 e. The largest absolute Gasteiger partial charge is 0.378 e. The van der Waals surface area contributed by atoms with Gasteiger partial charge in [0.1, 0.15) is 17.9 Å². The van der Waals surface area contributed by atoms with Gasteiger partial charge in [-0.1, -0.05) is 96.8 Å². The first-order chi connectivity index (χ1) is 34.4. The summed E-state index contributed by atoms with van der Waals surface area (Å²) in [6.45, 7) is 4.95. The first kappa shape index (κ1) is 46.0. The van der Waals surface area contributed by atoms with E-state index in [0.29, 0.717) is 71.5 Å². The molecule has 0 radical (unpaired) electrons. The molecule has 70 heavy (non-hydrogen) atoms. The molecule has 4 aliphatic rings. The van der Waals surface area contributed by atoms with Crippen molar-refractivity contribution in [3.8, 4) is 34.4 Å². The lowest BCUT2D eigenvalue weighted by molar-refractivity contribution is -0.135. The Hall–Kier alpha value is -7.74. The average Bonchev–Trinajstić information content (AvgIpc) is 4.28. The molecule has 0 aliphatic carbocycles. The zero-order valence-electron chi connectivity index (χ0n) is 38.9. The highest BCUT2D eigenvalue weighted by atomic mass is 16.5. The molecule has 6 amide bonds. The van der Waals surface area contributed by atoms with Crippen LogP contribution in [0.2, 0.25) is 0 Å². The highest BCUT2D eigenvalue weighted by Gasteiger charge is 2.39. The predicted molar refractivity (Wildman–Crippen MR) is 262 cm³/mol. The van der Waals surface area contributed by atoms with Crippen molar-refractivity contribution in [3.05, 3.63) is 155 Å². The van der Waals surface area contributed by atoms with Crippen LogP contribution in [-0.2, 0) is 19.1 Å². The van der Waals surface area contributed by atoms with E-state index in [0.717, 1.165) is 76.1 Å². The monoisotopic (exact) mass is 940 g/mol. The number of morpholine rings is 2. The number of amides is 6. The van der Waals surface area contributed by atoms with Crippen LogP contribution in [0.5, 0.6) is 0 Å². The van der Waals surface area contributed by atoms with Gasteiger partial charge < -0.3 is 44.7 Å². The molecule has 10 rings (SSSR count). The van der Waals surface area contributed by atoms with Crippen LogP contribution in [0.1, 0.15) is 83.6 Å². The fourth-order valence-electron chi connectivity index (χ4n) is 9.74. The zero-order valence-corrected chi connectivity index (χ0v) is 38.9. The Morgan fingerprint density at radius 3 is 1.61 bits per heavy atom. The number of H-pyrrole nitrogens is 2. The van der Waals surface area contributed by atoms with Crippen molar-refractivity contribution >= 4 is 23.9 Å². The van der Waals surface area contributed by atoms with Crippen molar-refractivity contribution in [1.29, 1.82) is 0 Å². The van der Waals surface area contributed by atoms with Crippen LogP contribution in [0.4, 0.5) is 9.59 Å². The van der Waals surface area contributed by atoms with Crippen LogP contribution in [0.15, 0.2) is 121 Å². The van der Waals surface area contributed by atoms with E-state index < -0.39 is 12.1 Å².